The fourth-order valence-electron chi connectivity index (χ4n) is 2.93. The maximum Gasteiger partial charge on any atom is 0.242 e. The number of hydrogen-bond acceptors (Lipinski definition) is 5. The highest BCUT2D eigenvalue weighted by Crippen LogP contribution is 2.36. The van der Waals surface area contributed by atoms with Crippen LogP contribution in [0.4, 0.5) is 14.5 Å². The van der Waals surface area contributed by atoms with E-state index in [0.29, 0.717) is 11.3 Å². The van der Waals surface area contributed by atoms with Crippen molar-refractivity contribution in [3.63, 3.8) is 0 Å². The van der Waals surface area contributed by atoms with Gasteiger partial charge in [0, 0.05) is 5.69 Å². The van der Waals surface area contributed by atoms with Crippen LogP contribution in [0.1, 0.15) is 10.8 Å². The topological polar surface area (TPSA) is 85.8 Å². The Bertz CT molecular complexity index is 1200. The lowest BCUT2D eigenvalue weighted by Gasteiger charge is -2.16. The second kappa shape index (κ2) is 8.97. The van der Waals surface area contributed by atoms with E-state index in [0.717, 1.165) is 16.4 Å². The van der Waals surface area contributed by atoms with Crippen LogP contribution in [-0.4, -0.2) is 20.8 Å². The number of nitrogens with one attached hydrogen (secondary N) is 1. The molecule has 0 saturated carbocycles. The van der Waals surface area contributed by atoms with Gasteiger partial charge in [0.1, 0.15) is 16.9 Å². The number of nitrogens with two attached hydrogens (primary N) is 1. The lowest BCUT2D eigenvalue weighted by molar-refractivity contribution is -0.115. The molecule has 0 saturated heterocycles. The third-order valence-electron chi connectivity index (χ3n) is 4.45. The van der Waals surface area contributed by atoms with Crippen LogP contribution in [0.15, 0.2) is 84.0 Å². The molecule has 3 N–H and O–H groups in total. The van der Waals surface area contributed by atoms with Crippen molar-refractivity contribution in [1.29, 1.82) is 0 Å². The fourth-order valence-corrected chi connectivity index (χ4v) is 3.89. The summed E-state index contributed by atoms with van der Waals surface area (Å²) < 4.78 is 28.5. The SMILES string of the molecule is Nn1c(S[C@@H](C(=O)Nc2ccc(F)cc2)c2ccccc2)nnc1-c1ccccc1F. The van der Waals surface area contributed by atoms with E-state index in [-0.39, 0.29) is 22.5 Å². The molecule has 1 atom stereocenters. The van der Waals surface area contributed by atoms with Crippen LogP contribution in [0, 0.1) is 11.6 Å². The van der Waals surface area contributed by atoms with E-state index < -0.39 is 16.9 Å². The van der Waals surface area contributed by atoms with E-state index in [1.807, 2.05) is 18.2 Å². The van der Waals surface area contributed by atoms with E-state index in [9.17, 15) is 13.6 Å². The van der Waals surface area contributed by atoms with E-state index in [1.54, 1.807) is 30.3 Å². The molecule has 0 aliphatic carbocycles. The number of nitrogen functional groups attached to an aromatic ring is 1. The summed E-state index contributed by atoms with van der Waals surface area (Å²) in [7, 11) is 0. The second-order valence-electron chi connectivity index (χ2n) is 6.56. The molecule has 0 bridgehead atoms. The van der Waals surface area contributed by atoms with E-state index in [2.05, 4.69) is 15.5 Å². The van der Waals surface area contributed by atoms with Gasteiger partial charge in [-0.15, -0.1) is 10.2 Å². The number of carbonyl (C=O) groups excluding carboxylic acids is 1. The first-order chi connectivity index (χ1) is 15.0. The predicted molar refractivity (Wildman–Crippen MR) is 116 cm³/mol. The highest BCUT2D eigenvalue weighted by atomic mass is 32.2. The zero-order valence-electron chi connectivity index (χ0n) is 16.1. The molecular weight excluding hydrogens is 420 g/mol. The van der Waals surface area contributed by atoms with Crippen molar-refractivity contribution in [2.75, 3.05) is 11.2 Å². The molecule has 156 valence electrons. The first-order valence-electron chi connectivity index (χ1n) is 9.26. The zero-order valence-corrected chi connectivity index (χ0v) is 16.9. The molecule has 31 heavy (non-hydrogen) atoms. The van der Waals surface area contributed by atoms with Crippen molar-refractivity contribution in [2.24, 2.45) is 0 Å². The fraction of sp³-hybridized carbons (Fsp3) is 0.0455. The third-order valence-corrected chi connectivity index (χ3v) is 5.67. The summed E-state index contributed by atoms with van der Waals surface area (Å²) in [5.74, 6) is 5.05. The third kappa shape index (κ3) is 4.56. The highest BCUT2D eigenvalue weighted by molar-refractivity contribution is 8.00. The normalized spacial score (nSPS) is 11.8. The molecule has 4 aromatic rings. The Kier molecular flexibility index (Phi) is 5.94. The van der Waals surface area contributed by atoms with Gasteiger partial charge in [-0.2, -0.15) is 0 Å². The molecule has 0 radical (unpaired) electrons. The molecule has 1 amide bonds. The molecule has 0 unspecified atom stereocenters. The molecule has 0 aliphatic heterocycles. The molecule has 9 heteroatoms. The van der Waals surface area contributed by atoms with Crippen LogP contribution in [-0.2, 0) is 4.79 Å². The molecule has 1 aromatic heterocycles. The summed E-state index contributed by atoms with van der Waals surface area (Å²) >= 11 is 1.08. The summed E-state index contributed by atoms with van der Waals surface area (Å²) in [5.41, 5.74) is 1.37. The van der Waals surface area contributed by atoms with E-state index >= 15 is 0 Å². The number of thioether (sulfide) groups is 1. The van der Waals surface area contributed by atoms with Gasteiger partial charge in [0.2, 0.25) is 11.1 Å². The summed E-state index contributed by atoms with van der Waals surface area (Å²) in [6.07, 6.45) is 0. The number of aromatic nitrogens is 3. The molecule has 4 rings (SSSR count). The monoisotopic (exact) mass is 437 g/mol. The zero-order chi connectivity index (χ0) is 21.8. The number of halogens is 2. The number of hydrogen-bond donors (Lipinski definition) is 2. The van der Waals surface area contributed by atoms with E-state index in [4.69, 9.17) is 5.84 Å². The van der Waals surface area contributed by atoms with Crippen molar-refractivity contribution < 1.29 is 13.6 Å². The Labute approximate surface area is 181 Å². The van der Waals surface area contributed by atoms with Gasteiger partial charge < -0.3 is 11.2 Å². The Hall–Kier alpha value is -3.72. The highest BCUT2D eigenvalue weighted by Gasteiger charge is 2.26. The van der Waals surface area contributed by atoms with Crippen molar-refractivity contribution in [2.45, 2.75) is 10.4 Å². The van der Waals surface area contributed by atoms with Crippen molar-refractivity contribution in [1.82, 2.24) is 14.9 Å². The van der Waals surface area contributed by atoms with Crippen LogP contribution in [0.3, 0.4) is 0 Å². The minimum Gasteiger partial charge on any atom is -0.335 e. The first-order valence-corrected chi connectivity index (χ1v) is 10.1. The van der Waals surface area contributed by atoms with Crippen molar-refractivity contribution in [3.8, 4) is 11.4 Å². The van der Waals surface area contributed by atoms with Crippen LogP contribution < -0.4 is 11.2 Å². The quantitative estimate of drug-likeness (QED) is 0.345. The maximum absolute atomic E-state index is 14.2. The lowest BCUT2D eigenvalue weighted by Crippen LogP contribution is -2.20. The largest absolute Gasteiger partial charge is 0.335 e. The Morgan fingerprint density at radius 1 is 0.935 bits per heavy atom. The van der Waals surface area contributed by atoms with Gasteiger partial charge in [-0.25, -0.2) is 13.5 Å². The van der Waals surface area contributed by atoms with Gasteiger partial charge in [-0.1, -0.05) is 54.2 Å². The Morgan fingerprint density at radius 2 is 1.61 bits per heavy atom. The molecule has 3 aromatic carbocycles. The predicted octanol–water partition coefficient (Wildman–Crippen LogP) is 4.41. The first kappa shape index (κ1) is 20.5. The standard InChI is InChI=1S/C22H17F2N5OS/c23-15-10-12-16(13-11-15)26-21(30)19(14-6-2-1-3-7-14)31-22-28-27-20(29(22)25)17-8-4-5-9-18(17)24/h1-13,19H,25H2,(H,26,30)/t19-/m1/s1. The number of amides is 1. The van der Waals surface area contributed by atoms with Crippen molar-refractivity contribution >= 4 is 23.4 Å². The summed E-state index contributed by atoms with van der Waals surface area (Å²) in [6, 6.07) is 20.6. The van der Waals surface area contributed by atoms with Crippen LogP contribution in [0.2, 0.25) is 0 Å². The number of benzene rings is 3. The Balaban J connectivity index is 1.64. The number of anilines is 1. The minimum absolute atomic E-state index is 0.145. The molecule has 0 aliphatic rings. The van der Waals surface area contributed by atoms with Gasteiger partial charge in [-0.05, 0) is 42.0 Å². The van der Waals surface area contributed by atoms with Crippen LogP contribution in [0.5, 0.6) is 0 Å². The number of carbonyl (C=O) groups is 1. The van der Waals surface area contributed by atoms with Gasteiger partial charge in [0.05, 0.1) is 5.56 Å². The summed E-state index contributed by atoms with van der Waals surface area (Å²) in [6.45, 7) is 0. The van der Waals surface area contributed by atoms with Gasteiger partial charge >= 0.3 is 0 Å². The lowest BCUT2D eigenvalue weighted by atomic mass is 10.1. The summed E-state index contributed by atoms with van der Waals surface area (Å²) in [4.78, 5) is 13.1. The molecule has 1 heterocycles. The summed E-state index contributed by atoms with van der Waals surface area (Å²) in [5, 5.41) is 10.3. The molecule has 0 spiro atoms. The average molecular weight is 437 g/mol. The minimum atomic E-state index is -0.730. The van der Waals surface area contributed by atoms with E-state index in [1.165, 1.54) is 30.3 Å². The molecule has 0 fully saturated rings. The number of rotatable bonds is 6. The van der Waals surface area contributed by atoms with Crippen molar-refractivity contribution in [3.05, 3.63) is 96.1 Å². The van der Waals surface area contributed by atoms with Crippen LogP contribution >= 0.6 is 11.8 Å². The smallest absolute Gasteiger partial charge is 0.242 e. The maximum atomic E-state index is 14.2. The van der Waals surface area contributed by atoms with Gasteiger partial charge in [-0.3, -0.25) is 4.79 Å². The Morgan fingerprint density at radius 3 is 2.32 bits per heavy atom. The van der Waals surface area contributed by atoms with Gasteiger partial charge in [0.25, 0.3) is 0 Å². The second-order valence-corrected chi connectivity index (χ2v) is 7.63. The van der Waals surface area contributed by atoms with Crippen LogP contribution in [0.25, 0.3) is 11.4 Å². The number of nitrogens with zero attached hydrogens (tertiary/aromatic N) is 3. The van der Waals surface area contributed by atoms with Gasteiger partial charge in [0.15, 0.2) is 5.82 Å². The molecular formula is C22H17F2N5OS. The molecule has 6 nitrogen and oxygen atoms in total. The average Bonchev–Trinajstić information content (AvgIpc) is 3.14.